The summed E-state index contributed by atoms with van der Waals surface area (Å²) in [5.41, 5.74) is 1.89. The minimum Gasteiger partial charge on any atom is -0.497 e. The average Bonchev–Trinajstić information content (AvgIpc) is 2.57. The van der Waals surface area contributed by atoms with E-state index in [-0.39, 0.29) is 18.9 Å². The lowest BCUT2D eigenvalue weighted by Crippen LogP contribution is -2.33. The molecule has 0 saturated heterocycles. The molecule has 140 valence electrons. The Labute approximate surface area is 158 Å². The summed E-state index contributed by atoms with van der Waals surface area (Å²) in [6.45, 7) is 1.85. The molecule has 6 nitrogen and oxygen atoms in total. The second-order valence-electron chi connectivity index (χ2n) is 5.80. The fraction of sp³-hybridized carbons (Fsp3) is 0.278. The number of aryl methyl sites for hydroxylation is 1. The zero-order valence-electron chi connectivity index (χ0n) is 14.8. The van der Waals surface area contributed by atoms with E-state index in [4.69, 9.17) is 16.3 Å². The predicted molar refractivity (Wildman–Crippen MR) is 105 cm³/mol. The number of hydrogen-bond acceptors (Lipinski definition) is 4. The van der Waals surface area contributed by atoms with Crippen molar-refractivity contribution in [3.63, 3.8) is 0 Å². The van der Waals surface area contributed by atoms with E-state index in [9.17, 15) is 13.2 Å². The van der Waals surface area contributed by atoms with E-state index in [1.807, 2.05) is 6.92 Å². The van der Waals surface area contributed by atoms with Crippen molar-refractivity contribution in [3.8, 4) is 5.75 Å². The van der Waals surface area contributed by atoms with Gasteiger partial charge in [-0.05, 0) is 48.9 Å². The Morgan fingerprint density at radius 2 is 1.85 bits per heavy atom. The number of anilines is 2. The number of amides is 1. The summed E-state index contributed by atoms with van der Waals surface area (Å²) in [6, 6.07) is 11.9. The number of halogens is 1. The van der Waals surface area contributed by atoms with Gasteiger partial charge in [0.1, 0.15) is 5.75 Å². The minimum absolute atomic E-state index is 0.00456. The number of ether oxygens (including phenoxy) is 1. The quantitative estimate of drug-likeness (QED) is 0.777. The smallest absolute Gasteiger partial charge is 0.232 e. The molecule has 2 aromatic rings. The van der Waals surface area contributed by atoms with Crippen LogP contribution in [-0.4, -0.2) is 34.2 Å². The number of carbonyl (C=O) groups is 1. The SMILES string of the molecule is COc1ccc(NC(=O)CCN(c2ccc(C)c(Cl)c2)S(C)(=O)=O)cc1. The van der Waals surface area contributed by atoms with Crippen LogP contribution in [0.15, 0.2) is 42.5 Å². The van der Waals surface area contributed by atoms with E-state index in [1.54, 1.807) is 49.6 Å². The van der Waals surface area contributed by atoms with Crippen LogP contribution in [0.1, 0.15) is 12.0 Å². The number of benzene rings is 2. The van der Waals surface area contributed by atoms with Gasteiger partial charge in [0.25, 0.3) is 0 Å². The van der Waals surface area contributed by atoms with Gasteiger partial charge < -0.3 is 10.1 Å². The Morgan fingerprint density at radius 3 is 2.38 bits per heavy atom. The molecule has 0 fully saturated rings. The van der Waals surface area contributed by atoms with Gasteiger partial charge in [0.2, 0.25) is 15.9 Å². The van der Waals surface area contributed by atoms with Gasteiger partial charge in [0.15, 0.2) is 0 Å². The first-order valence-corrected chi connectivity index (χ1v) is 10.1. The number of hydrogen-bond donors (Lipinski definition) is 1. The maximum atomic E-state index is 12.2. The normalized spacial score (nSPS) is 11.1. The van der Waals surface area contributed by atoms with Crippen LogP contribution in [0, 0.1) is 6.92 Å². The van der Waals surface area contributed by atoms with Crippen LogP contribution < -0.4 is 14.4 Å². The highest BCUT2D eigenvalue weighted by Crippen LogP contribution is 2.25. The summed E-state index contributed by atoms with van der Waals surface area (Å²) >= 11 is 6.09. The molecule has 2 rings (SSSR count). The molecular weight excluding hydrogens is 376 g/mol. The van der Waals surface area contributed by atoms with Crippen molar-refractivity contribution in [2.24, 2.45) is 0 Å². The Hall–Kier alpha value is -2.25. The molecule has 0 aromatic heterocycles. The van der Waals surface area contributed by atoms with Crippen molar-refractivity contribution in [1.29, 1.82) is 0 Å². The third-order valence-corrected chi connectivity index (χ3v) is 5.36. The number of rotatable bonds is 7. The number of methoxy groups -OCH3 is 1. The van der Waals surface area contributed by atoms with Crippen molar-refractivity contribution >= 4 is 38.9 Å². The van der Waals surface area contributed by atoms with Crippen LogP contribution in [-0.2, 0) is 14.8 Å². The van der Waals surface area contributed by atoms with Crippen molar-refractivity contribution in [1.82, 2.24) is 0 Å². The highest BCUT2D eigenvalue weighted by molar-refractivity contribution is 7.92. The van der Waals surface area contributed by atoms with E-state index in [1.165, 1.54) is 4.31 Å². The second kappa shape index (κ2) is 8.42. The molecule has 0 radical (unpaired) electrons. The van der Waals surface area contributed by atoms with E-state index in [0.29, 0.717) is 22.1 Å². The fourth-order valence-electron chi connectivity index (χ4n) is 2.32. The van der Waals surface area contributed by atoms with Crippen molar-refractivity contribution in [2.45, 2.75) is 13.3 Å². The highest BCUT2D eigenvalue weighted by Gasteiger charge is 2.19. The molecule has 8 heteroatoms. The second-order valence-corrected chi connectivity index (χ2v) is 8.11. The molecule has 26 heavy (non-hydrogen) atoms. The minimum atomic E-state index is -3.55. The first kappa shape index (κ1) is 20.1. The van der Waals surface area contributed by atoms with Crippen LogP contribution in [0.25, 0.3) is 0 Å². The summed E-state index contributed by atoms with van der Waals surface area (Å²) in [7, 11) is -1.99. The fourth-order valence-corrected chi connectivity index (χ4v) is 3.42. The van der Waals surface area contributed by atoms with Gasteiger partial charge in [0.05, 0.1) is 19.1 Å². The van der Waals surface area contributed by atoms with Gasteiger partial charge in [-0.2, -0.15) is 0 Å². The van der Waals surface area contributed by atoms with E-state index in [2.05, 4.69) is 5.32 Å². The molecule has 0 saturated carbocycles. The lowest BCUT2D eigenvalue weighted by Gasteiger charge is -2.22. The third kappa shape index (κ3) is 5.37. The molecule has 0 bridgehead atoms. The topological polar surface area (TPSA) is 75.7 Å². The molecule has 1 amide bonds. The van der Waals surface area contributed by atoms with Crippen LogP contribution in [0.2, 0.25) is 5.02 Å². The number of nitrogens with one attached hydrogen (secondary N) is 1. The van der Waals surface area contributed by atoms with Gasteiger partial charge in [-0.1, -0.05) is 17.7 Å². The molecule has 0 spiro atoms. The van der Waals surface area contributed by atoms with Crippen LogP contribution in [0.3, 0.4) is 0 Å². The first-order valence-electron chi connectivity index (χ1n) is 7.88. The summed E-state index contributed by atoms with van der Waals surface area (Å²) < 4.78 is 30.4. The molecule has 1 N–H and O–H groups in total. The lowest BCUT2D eigenvalue weighted by atomic mass is 10.2. The molecule has 0 atom stereocenters. The van der Waals surface area contributed by atoms with Crippen LogP contribution in [0.4, 0.5) is 11.4 Å². The Morgan fingerprint density at radius 1 is 1.19 bits per heavy atom. The maximum Gasteiger partial charge on any atom is 0.232 e. The maximum absolute atomic E-state index is 12.2. The predicted octanol–water partition coefficient (Wildman–Crippen LogP) is 3.45. The van der Waals surface area contributed by atoms with E-state index < -0.39 is 10.0 Å². The number of sulfonamides is 1. The lowest BCUT2D eigenvalue weighted by molar-refractivity contribution is -0.116. The zero-order valence-corrected chi connectivity index (χ0v) is 16.4. The molecule has 0 aliphatic heterocycles. The van der Waals surface area contributed by atoms with Crippen LogP contribution >= 0.6 is 11.6 Å². The molecule has 0 unspecified atom stereocenters. The van der Waals surface area contributed by atoms with E-state index >= 15 is 0 Å². The van der Waals surface area contributed by atoms with Gasteiger partial charge in [0, 0.05) is 23.7 Å². The summed E-state index contributed by atoms with van der Waals surface area (Å²) in [6.07, 6.45) is 1.10. The Kier molecular flexibility index (Phi) is 6.50. The van der Waals surface area contributed by atoms with Crippen molar-refractivity contribution < 1.29 is 17.9 Å². The Bertz CT molecular complexity index is 883. The summed E-state index contributed by atoms with van der Waals surface area (Å²) in [4.78, 5) is 12.2. The largest absolute Gasteiger partial charge is 0.497 e. The summed E-state index contributed by atoms with van der Waals surface area (Å²) in [5.74, 6) is 0.393. The van der Waals surface area contributed by atoms with Crippen molar-refractivity contribution in [2.75, 3.05) is 29.5 Å². The van der Waals surface area contributed by atoms with Crippen molar-refractivity contribution in [3.05, 3.63) is 53.1 Å². The highest BCUT2D eigenvalue weighted by atomic mass is 35.5. The average molecular weight is 397 g/mol. The molecule has 0 heterocycles. The molecule has 0 aliphatic rings. The van der Waals surface area contributed by atoms with Crippen LogP contribution in [0.5, 0.6) is 5.75 Å². The Balaban J connectivity index is 2.06. The monoisotopic (exact) mass is 396 g/mol. The van der Waals surface area contributed by atoms with Gasteiger partial charge in [-0.15, -0.1) is 0 Å². The molecule has 0 aliphatic carbocycles. The zero-order chi connectivity index (χ0) is 19.3. The van der Waals surface area contributed by atoms with Gasteiger partial charge in [-0.3, -0.25) is 9.10 Å². The number of carbonyl (C=O) groups excluding carboxylic acids is 1. The first-order chi connectivity index (χ1) is 12.2. The molecule has 2 aromatic carbocycles. The summed E-state index contributed by atoms with van der Waals surface area (Å²) in [5, 5.41) is 3.20. The van der Waals surface area contributed by atoms with Gasteiger partial charge in [-0.25, -0.2) is 8.42 Å². The van der Waals surface area contributed by atoms with E-state index in [0.717, 1.165) is 11.8 Å². The number of nitrogens with zero attached hydrogens (tertiary/aromatic N) is 1. The third-order valence-electron chi connectivity index (χ3n) is 3.76. The van der Waals surface area contributed by atoms with Gasteiger partial charge >= 0.3 is 0 Å². The standard InChI is InChI=1S/C18H21ClN2O4S/c1-13-4-7-15(12-17(13)19)21(26(3,23)24)11-10-18(22)20-14-5-8-16(25-2)9-6-14/h4-9,12H,10-11H2,1-3H3,(H,20,22). The molecular formula is C18H21ClN2O4S.